The zero-order valence-corrected chi connectivity index (χ0v) is 18.1. The molecular formula is C24H24ClNO5. The Bertz CT molecular complexity index is 1090. The number of amides is 1. The van der Waals surface area contributed by atoms with Crippen LogP contribution in [0.3, 0.4) is 0 Å². The first-order valence-corrected chi connectivity index (χ1v) is 10.6. The number of Topliss-reactive ketones (excluding diaryl/α,β-unsaturated/α-hetero) is 1. The van der Waals surface area contributed by atoms with E-state index in [0.29, 0.717) is 22.4 Å². The van der Waals surface area contributed by atoms with Crippen molar-refractivity contribution in [3.8, 4) is 11.5 Å². The molecule has 2 aromatic carbocycles. The number of phenols is 1. The lowest BCUT2D eigenvalue weighted by Gasteiger charge is -2.31. The smallest absolute Gasteiger partial charge is 0.295 e. The molecule has 1 saturated carbocycles. The Hall–Kier alpha value is -2.99. The number of phenolic OH excluding ortho intramolecular Hbond substituents is 1. The van der Waals surface area contributed by atoms with Crippen LogP contribution >= 0.6 is 11.6 Å². The molecule has 1 aliphatic heterocycles. The Labute approximate surface area is 185 Å². The number of rotatable bonds is 4. The number of hydrogen-bond acceptors (Lipinski definition) is 5. The van der Waals surface area contributed by atoms with Crippen molar-refractivity contribution in [2.75, 3.05) is 7.11 Å². The van der Waals surface area contributed by atoms with E-state index >= 15 is 0 Å². The number of ketones is 1. The summed E-state index contributed by atoms with van der Waals surface area (Å²) in [4.78, 5) is 27.8. The number of aryl methyl sites for hydroxylation is 1. The average molecular weight is 442 g/mol. The molecule has 2 aromatic rings. The van der Waals surface area contributed by atoms with Crippen molar-refractivity contribution in [2.45, 2.75) is 44.7 Å². The molecular weight excluding hydrogens is 418 g/mol. The van der Waals surface area contributed by atoms with Crippen LogP contribution in [0, 0.1) is 6.92 Å². The van der Waals surface area contributed by atoms with Crippen LogP contribution in [0.4, 0.5) is 0 Å². The molecule has 6 nitrogen and oxygen atoms in total. The van der Waals surface area contributed by atoms with Crippen LogP contribution in [0.15, 0.2) is 42.0 Å². The van der Waals surface area contributed by atoms with Crippen molar-refractivity contribution in [1.82, 2.24) is 4.90 Å². The molecule has 1 unspecified atom stereocenters. The lowest BCUT2D eigenvalue weighted by atomic mass is 9.93. The van der Waals surface area contributed by atoms with E-state index in [2.05, 4.69) is 0 Å². The number of hydrogen-bond donors (Lipinski definition) is 2. The largest absolute Gasteiger partial charge is 0.507 e. The number of benzene rings is 2. The molecule has 2 fully saturated rings. The number of likely N-dealkylation sites (tertiary alicyclic amines) is 1. The predicted molar refractivity (Wildman–Crippen MR) is 117 cm³/mol. The number of halogens is 1. The van der Waals surface area contributed by atoms with E-state index in [1.165, 1.54) is 6.07 Å². The second kappa shape index (κ2) is 8.27. The molecule has 4 rings (SSSR count). The zero-order chi connectivity index (χ0) is 22.3. The summed E-state index contributed by atoms with van der Waals surface area (Å²) in [5.74, 6) is -1.02. The van der Waals surface area contributed by atoms with Gasteiger partial charge in [-0.1, -0.05) is 30.5 Å². The standard InChI is InChI=1S/C24H24ClNO5/c1-13-11-16(31-2)8-9-17(13)22(28)20-21(14-7-10-19(27)18(25)12-14)26(24(30)23(20)29)15-5-3-4-6-15/h7-12,15,21,27-28H,3-6H2,1-2H3/b22-20-. The summed E-state index contributed by atoms with van der Waals surface area (Å²) in [7, 11) is 1.55. The maximum atomic E-state index is 13.1. The van der Waals surface area contributed by atoms with Crippen molar-refractivity contribution in [2.24, 2.45) is 0 Å². The normalized spacial score (nSPS) is 21.1. The molecule has 0 aromatic heterocycles. The highest BCUT2D eigenvalue weighted by Gasteiger charge is 2.49. The summed E-state index contributed by atoms with van der Waals surface area (Å²) in [6.07, 6.45) is 3.57. The van der Waals surface area contributed by atoms with Crippen LogP contribution in [0.1, 0.15) is 48.4 Å². The maximum absolute atomic E-state index is 13.1. The SMILES string of the molecule is COc1ccc(/C(O)=C2/C(=O)C(=O)N(C3CCCC3)C2c2ccc(O)c(Cl)c2)c(C)c1. The van der Waals surface area contributed by atoms with Crippen molar-refractivity contribution in [3.05, 3.63) is 63.7 Å². The van der Waals surface area contributed by atoms with E-state index in [-0.39, 0.29) is 28.1 Å². The van der Waals surface area contributed by atoms with E-state index in [4.69, 9.17) is 16.3 Å². The third kappa shape index (κ3) is 3.65. The Morgan fingerprint density at radius 3 is 2.45 bits per heavy atom. The van der Waals surface area contributed by atoms with Crippen molar-refractivity contribution >= 4 is 29.1 Å². The third-order valence-electron chi connectivity index (χ3n) is 6.17. The van der Waals surface area contributed by atoms with Gasteiger partial charge in [-0.15, -0.1) is 0 Å². The molecule has 162 valence electrons. The molecule has 31 heavy (non-hydrogen) atoms. The number of aliphatic hydroxyl groups excluding tert-OH is 1. The molecule has 1 aliphatic carbocycles. The Morgan fingerprint density at radius 1 is 1.13 bits per heavy atom. The Kier molecular flexibility index (Phi) is 5.67. The van der Waals surface area contributed by atoms with Crippen molar-refractivity contribution in [1.29, 1.82) is 0 Å². The molecule has 1 saturated heterocycles. The lowest BCUT2D eigenvalue weighted by molar-refractivity contribution is -0.141. The molecule has 0 radical (unpaired) electrons. The van der Waals surface area contributed by atoms with Crippen LogP contribution in [0.25, 0.3) is 5.76 Å². The number of aromatic hydroxyl groups is 1. The molecule has 1 heterocycles. The molecule has 2 aliphatic rings. The van der Waals surface area contributed by atoms with Gasteiger partial charge in [-0.05, 0) is 61.2 Å². The maximum Gasteiger partial charge on any atom is 0.295 e. The second-order valence-corrected chi connectivity index (χ2v) is 8.44. The number of methoxy groups -OCH3 is 1. The lowest BCUT2D eigenvalue weighted by Crippen LogP contribution is -2.37. The minimum atomic E-state index is -0.775. The van der Waals surface area contributed by atoms with Gasteiger partial charge >= 0.3 is 0 Å². The van der Waals surface area contributed by atoms with Gasteiger partial charge in [-0.25, -0.2) is 0 Å². The van der Waals surface area contributed by atoms with Gasteiger partial charge in [0.1, 0.15) is 17.3 Å². The summed E-state index contributed by atoms with van der Waals surface area (Å²) < 4.78 is 5.23. The van der Waals surface area contributed by atoms with Crippen molar-refractivity contribution < 1.29 is 24.5 Å². The van der Waals surface area contributed by atoms with Gasteiger partial charge in [0.2, 0.25) is 0 Å². The Morgan fingerprint density at radius 2 is 1.84 bits per heavy atom. The second-order valence-electron chi connectivity index (χ2n) is 8.04. The quantitative estimate of drug-likeness (QED) is 0.407. The Balaban J connectivity index is 1.91. The van der Waals surface area contributed by atoms with Crippen LogP contribution in [0.5, 0.6) is 11.5 Å². The fraction of sp³-hybridized carbons (Fsp3) is 0.333. The van der Waals surface area contributed by atoms with Crippen LogP contribution < -0.4 is 4.74 Å². The summed E-state index contributed by atoms with van der Waals surface area (Å²) >= 11 is 6.14. The summed E-state index contributed by atoms with van der Waals surface area (Å²) in [6, 6.07) is 8.88. The van der Waals surface area contributed by atoms with E-state index in [1.54, 1.807) is 49.3 Å². The molecule has 2 N–H and O–H groups in total. The summed E-state index contributed by atoms with van der Waals surface area (Å²) in [6.45, 7) is 1.80. The van der Waals surface area contributed by atoms with E-state index in [1.807, 2.05) is 0 Å². The number of ether oxygens (including phenoxy) is 1. The fourth-order valence-electron chi connectivity index (χ4n) is 4.60. The highest BCUT2D eigenvalue weighted by molar-refractivity contribution is 6.46. The van der Waals surface area contributed by atoms with Crippen LogP contribution in [-0.4, -0.2) is 40.0 Å². The first kappa shape index (κ1) is 21.2. The number of carbonyl (C=O) groups excluding carboxylic acids is 2. The molecule has 0 bridgehead atoms. The zero-order valence-electron chi connectivity index (χ0n) is 17.4. The molecule has 1 amide bonds. The van der Waals surface area contributed by atoms with Gasteiger partial charge in [-0.3, -0.25) is 9.59 Å². The minimum absolute atomic E-state index is 0.0342. The van der Waals surface area contributed by atoms with Crippen LogP contribution in [0.2, 0.25) is 5.02 Å². The number of nitrogens with zero attached hydrogens (tertiary/aromatic N) is 1. The minimum Gasteiger partial charge on any atom is -0.507 e. The average Bonchev–Trinajstić information content (AvgIpc) is 3.36. The molecule has 1 atom stereocenters. The van der Waals surface area contributed by atoms with E-state index in [0.717, 1.165) is 25.7 Å². The van der Waals surface area contributed by atoms with E-state index in [9.17, 15) is 19.8 Å². The van der Waals surface area contributed by atoms with Gasteiger partial charge < -0.3 is 19.8 Å². The summed E-state index contributed by atoms with van der Waals surface area (Å²) in [5.41, 5.74) is 1.78. The van der Waals surface area contributed by atoms with Crippen LogP contribution in [-0.2, 0) is 9.59 Å². The highest BCUT2D eigenvalue weighted by atomic mass is 35.5. The van der Waals surface area contributed by atoms with Gasteiger partial charge in [0, 0.05) is 11.6 Å². The number of carbonyl (C=O) groups is 2. The van der Waals surface area contributed by atoms with Gasteiger partial charge in [0.15, 0.2) is 0 Å². The predicted octanol–water partition coefficient (Wildman–Crippen LogP) is 4.73. The van der Waals surface area contributed by atoms with Gasteiger partial charge in [0.05, 0.1) is 23.7 Å². The first-order valence-electron chi connectivity index (χ1n) is 10.3. The first-order chi connectivity index (χ1) is 14.8. The third-order valence-corrected chi connectivity index (χ3v) is 6.48. The molecule has 0 spiro atoms. The molecule has 7 heteroatoms. The summed E-state index contributed by atoms with van der Waals surface area (Å²) in [5, 5.41) is 21.2. The topological polar surface area (TPSA) is 87.1 Å². The number of aliphatic hydroxyl groups is 1. The van der Waals surface area contributed by atoms with Gasteiger partial charge in [0.25, 0.3) is 11.7 Å². The highest BCUT2D eigenvalue weighted by Crippen LogP contribution is 2.45. The van der Waals surface area contributed by atoms with Crippen molar-refractivity contribution in [3.63, 3.8) is 0 Å². The monoisotopic (exact) mass is 441 g/mol. The van der Waals surface area contributed by atoms with E-state index < -0.39 is 17.7 Å². The van der Waals surface area contributed by atoms with Gasteiger partial charge in [-0.2, -0.15) is 0 Å². The fourth-order valence-corrected chi connectivity index (χ4v) is 4.79.